The number of thiocarbonyl (C=S) groups is 1. The van der Waals surface area contributed by atoms with E-state index in [4.69, 9.17) is 18.0 Å². The van der Waals surface area contributed by atoms with Crippen LogP contribution in [0.5, 0.6) is 0 Å². The van der Waals surface area contributed by atoms with Gasteiger partial charge in [0.15, 0.2) is 0 Å². The lowest BCUT2D eigenvalue weighted by Gasteiger charge is -2.13. The Balaban J connectivity index is 1.84. The molecule has 2 unspecified atom stereocenters. The van der Waals surface area contributed by atoms with E-state index in [9.17, 15) is 4.79 Å². The molecule has 1 fully saturated rings. The van der Waals surface area contributed by atoms with E-state index >= 15 is 0 Å². The fraction of sp³-hybridized carbons (Fsp3) is 0.467. The minimum atomic E-state index is 0.0971. The SMILES string of the molecule is CSC1CCC(NC(=O)Cc2ccc(C(N)=S)cc2)C1. The van der Waals surface area contributed by atoms with Crippen LogP contribution in [0.4, 0.5) is 0 Å². The van der Waals surface area contributed by atoms with Gasteiger partial charge < -0.3 is 11.1 Å². The Bertz CT molecular complexity index is 487. The Morgan fingerprint density at radius 2 is 2.10 bits per heavy atom. The molecule has 1 aliphatic rings. The first-order valence-electron chi connectivity index (χ1n) is 6.79. The minimum Gasteiger partial charge on any atom is -0.389 e. The third kappa shape index (κ3) is 4.21. The van der Waals surface area contributed by atoms with Crippen molar-refractivity contribution in [2.75, 3.05) is 6.26 Å². The largest absolute Gasteiger partial charge is 0.389 e. The second kappa shape index (κ2) is 7.09. The maximum absolute atomic E-state index is 12.0. The van der Waals surface area contributed by atoms with Crippen LogP contribution in [0, 0.1) is 0 Å². The molecule has 0 saturated heterocycles. The number of nitrogens with one attached hydrogen (secondary N) is 1. The first-order valence-corrected chi connectivity index (χ1v) is 8.49. The highest BCUT2D eigenvalue weighted by atomic mass is 32.2. The van der Waals surface area contributed by atoms with Crippen LogP contribution in [-0.2, 0) is 11.2 Å². The molecule has 0 spiro atoms. The number of hydrogen-bond acceptors (Lipinski definition) is 3. The summed E-state index contributed by atoms with van der Waals surface area (Å²) in [6.07, 6.45) is 5.94. The van der Waals surface area contributed by atoms with Gasteiger partial charge in [-0.3, -0.25) is 4.79 Å². The number of carbonyl (C=O) groups excluding carboxylic acids is 1. The Hall–Kier alpha value is -1.07. The third-order valence-corrected chi connectivity index (χ3v) is 5.02. The van der Waals surface area contributed by atoms with Gasteiger partial charge >= 0.3 is 0 Å². The molecule has 0 bridgehead atoms. The molecule has 2 rings (SSSR count). The average Bonchev–Trinajstić information content (AvgIpc) is 2.86. The highest BCUT2D eigenvalue weighted by molar-refractivity contribution is 7.99. The van der Waals surface area contributed by atoms with E-state index in [1.807, 2.05) is 36.0 Å². The van der Waals surface area contributed by atoms with Gasteiger partial charge in [0, 0.05) is 16.9 Å². The van der Waals surface area contributed by atoms with Crippen molar-refractivity contribution in [2.45, 2.75) is 37.0 Å². The van der Waals surface area contributed by atoms with Crippen LogP contribution in [0.3, 0.4) is 0 Å². The highest BCUT2D eigenvalue weighted by Gasteiger charge is 2.24. The predicted octanol–water partition coefficient (Wildman–Crippen LogP) is 2.26. The first kappa shape index (κ1) is 15.3. The third-order valence-electron chi connectivity index (χ3n) is 3.69. The molecular weight excluding hydrogens is 288 g/mol. The van der Waals surface area contributed by atoms with E-state index in [2.05, 4.69) is 11.6 Å². The van der Waals surface area contributed by atoms with Crippen LogP contribution in [0.15, 0.2) is 24.3 Å². The zero-order chi connectivity index (χ0) is 14.5. The van der Waals surface area contributed by atoms with Crippen LogP contribution in [0.2, 0.25) is 0 Å². The summed E-state index contributed by atoms with van der Waals surface area (Å²) >= 11 is 6.80. The van der Waals surface area contributed by atoms with Crippen LogP contribution in [-0.4, -0.2) is 28.4 Å². The molecule has 108 valence electrons. The van der Waals surface area contributed by atoms with Gasteiger partial charge in [0.05, 0.1) is 6.42 Å². The first-order chi connectivity index (χ1) is 9.58. The maximum Gasteiger partial charge on any atom is 0.224 e. The number of benzene rings is 1. The monoisotopic (exact) mass is 308 g/mol. The highest BCUT2D eigenvalue weighted by Crippen LogP contribution is 2.28. The summed E-state index contributed by atoms with van der Waals surface area (Å²) < 4.78 is 0. The Kier molecular flexibility index (Phi) is 5.43. The summed E-state index contributed by atoms with van der Waals surface area (Å²) in [7, 11) is 0. The summed E-state index contributed by atoms with van der Waals surface area (Å²) in [6, 6.07) is 7.89. The van der Waals surface area contributed by atoms with Crippen molar-refractivity contribution in [3.05, 3.63) is 35.4 Å². The Morgan fingerprint density at radius 1 is 1.40 bits per heavy atom. The van der Waals surface area contributed by atoms with Crippen molar-refractivity contribution in [3.63, 3.8) is 0 Å². The topological polar surface area (TPSA) is 55.1 Å². The van der Waals surface area contributed by atoms with E-state index < -0.39 is 0 Å². The standard InChI is InChI=1S/C15H20N2OS2/c1-20-13-7-6-12(9-13)17-14(18)8-10-2-4-11(5-3-10)15(16)19/h2-5,12-13H,6-9H2,1H3,(H2,16,19)(H,17,18). The molecule has 3 N–H and O–H groups in total. The van der Waals surface area contributed by atoms with Crippen molar-refractivity contribution in [3.8, 4) is 0 Å². The molecule has 1 amide bonds. The van der Waals surface area contributed by atoms with Crippen molar-refractivity contribution < 1.29 is 4.79 Å². The minimum absolute atomic E-state index is 0.0971. The summed E-state index contributed by atoms with van der Waals surface area (Å²) in [6.45, 7) is 0. The lowest BCUT2D eigenvalue weighted by Crippen LogP contribution is -2.34. The van der Waals surface area contributed by atoms with Gasteiger partial charge in [-0.2, -0.15) is 11.8 Å². The molecule has 1 aromatic carbocycles. The van der Waals surface area contributed by atoms with Gasteiger partial charge in [0.2, 0.25) is 5.91 Å². The van der Waals surface area contributed by atoms with Gasteiger partial charge in [-0.05, 0) is 31.1 Å². The lowest BCUT2D eigenvalue weighted by atomic mass is 10.1. The van der Waals surface area contributed by atoms with Gasteiger partial charge in [0.25, 0.3) is 0 Å². The molecule has 0 heterocycles. The second-order valence-corrected chi connectivity index (χ2v) is 6.75. The smallest absolute Gasteiger partial charge is 0.224 e. The molecule has 1 aliphatic carbocycles. The Morgan fingerprint density at radius 3 is 2.65 bits per heavy atom. The van der Waals surface area contributed by atoms with Gasteiger partial charge in [-0.1, -0.05) is 36.5 Å². The van der Waals surface area contributed by atoms with Gasteiger partial charge in [0.1, 0.15) is 4.99 Å². The number of carbonyl (C=O) groups is 1. The van der Waals surface area contributed by atoms with E-state index in [-0.39, 0.29) is 5.91 Å². The molecule has 0 aromatic heterocycles. The quantitative estimate of drug-likeness (QED) is 0.819. The normalized spacial score (nSPS) is 21.6. The molecule has 0 radical (unpaired) electrons. The van der Waals surface area contributed by atoms with Crippen LogP contribution in [0.1, 0.15) is 30.4 Å². The molecular formula is C15H20N2OS2. The number of amides is 1. The summed E-state index contributed by atoms with van der Waals surface area (Å²) in [5, 5.41) is 3.83. The van der Waals surface area contributed by atoms with E-state index in [0.29, 0.717) is 22.7 Å². The number of hydrogen-bond donors (Lipinski definition) is 2. The molecule has 1 saturated carbocycles. The van der Waals surface area contributed by atoms with Crippen molar-refractivity contribution >= 4 is 34.9 Å². The van der Waals surface area contributed by atoms with E-state index in [0.717, 1.165) is 24.0 Å². The molecule has 2 atom stereocenters. The lowest BCUT2D eigenvalue weighted by molar-refractivity contribution is -0.121. The zero-order valence-corrected chi connectivity index (χ0v) is 13.2. The number of thioether (sulfide) groups is 1. The number of nitrogens with two attached hydrogens (primary N) is 1. The maximum atomic E-state index is 12.0. The van der Waals surface area contributed by atoms with Gasteiger partial charge in [-0.25, -0.2) is 0 Å². The second-order valence-electron chi connectivity index (χ2n) is 5.17. The predicted molar refractivity (Wildman–Crippen MR) is 89.1 cm³/mol. The van der Waals surface area contributed by atoms with Crippen molar-refractivity contribution in [1.82, 2.24) is 5.32 Å². The molecule has 20 heavy (non-hydrogen) atoms. The van der Waals surface area contributed by atoms with Crippen LogP contribution >= 0.6 is 24.0 Å². The molecule has 1 aromatic rings. The van der Waals surface area contributed by atoms with Crippen molar-refractivity contribution in [2.24, 2.45) is 5.73 Å². The van der Waals surface area contributed by atoms with E-state index in [1.54, 1.807) is 0 Å². The molecule has 5 heteroatoms. The fourth-order valence-corrected chi connectivity index (χ4v) is 3.47. The average molecular weight is 308 g/mol. The van der Waals surface area contributed by atoms with Crippen molar-refractivity contribution in [1.29, 1.82) is 0 Å². The van der Waals surface area contributed by atoms with Crippen LogP contribution in [0.25, 0.3) is 0 Å². The number of rotatable bonds is 5. The van der Waals surface area contributed by atoms with Crippen LogP contribution < -0.4 is 11.1 Å². The van der Waals surface area contributed by atoms with Gasteiger partial charge in [-0.15, -0.1) is 0 Å². The fourth-order valence-electron chi connectivity index (χ4n) is 2.54. The summed E-state index contributed by atoms with van der Waals surface area (Å²) in [4.78, 5) is 12.4. The molecule has 3 nitrogen and oxygen atoms in total. The summed E-state index contributed by atoms with van der Waals surface area (Å²) in [5.41, 5.74) is 7.37. The molecule has 0 aliphatic heterocycles. The van der Waals surface area contributed by atoms with E-state index in [1.165, 1.54) is 6.42 Å². The summed E-state index contributed by atoms with van der Waals surface area (Å²) in [5.74, 6) is 0.0971. The zero-order valence-electron chi connectivity index (χ0n) is 11.6. The Labute approximate surface area is 129 Å².